The number of benzene rings is 1. The minimum Gasteiger partial charge on any atom is -0.369 e. The topological polar surface area (TPSA) is 79.5 Å². The Balaban J connectivity index is 1.98. The summed E-state index contributed by atoms with van der Waals surface area (Å²) >= 11 is 0. The summed E-state index contributed by atoms with van der Waals surface area (Å²) in [7, 11) is 0. The number of carbonyl (C=O) groups is 1. The molecule has 0 heterocycles. The van der Waals surface area contributed by atoms with E-state index in [1.54, 1.807) is 0 Å². The molecule has 5 heteroatoms. The van der Waals surface area contributed by atoms with Gasteiger partial charge in [-0.1, -0.05) is 31.0 Å². The predicted molar refractivity (Wildman–Crippen MR) is 81.1 cm³/mol. The molecule has 2 amide bonds. The smallest absolute Gasteiger partial charge is 0.321 e. The third-order valence-corrected chi connectivity index (χ3v) is 3.60. The largest absolute Gasteiger partial charge is 0.369 e. The lowest BCUT2D eigenvalue weighted by molar-refractivity contribution is 0.241. The molecule has 0 aromatic heterocycles. The number of hydrogen-bond acceptors (Lipinski definition) is 2. The molecule has 0 saturated heterocycles. The molecule has 0 atom stereocenters. The van der Waals surface area contributed by atoms with Gasteiger partial charge in [-0.3, -0.25) is 5.32 Å². The van der Waals surface area contributed by atoms with Gasteiger partial charge in [-0.05, 0) is 37.8 Å². The number of aryl methyl sites for hydroxylation is 2. The zero-order valence-electron chi connectivity index (χ0n) is 12.1. The number of carbonyl (C=O) groups excluding carboxylic acids is 1. The van der Waals surface area contributed by atoms with E-state index in [0.29, 0.717) is 0 Å². The highest BCUT2D eigenvalue weighted by Crippen LogP contribution is 2.22. The van der Waals surface area contributed by atoms with Gasteiger partial charge in [-0.2, -0.15) is 0 Å². The number of aliphatic imine (C=N–C) groups is 1. The summed E-state index contributed by atoms with van der Waals surface area (Å²) in [5, 5.41) is 5.50. The van der Waals surface area contributed by atoms with Crippen LogP contribution in [0.2, 0.25) is 0 Å². The molecule has 1 aromatic carbocycles. The molecular weight excluding hydrogens is 252 g/mol. The summed E-state index contributed by atoms with van der Waals surface area (Å²) in [6.07, 6.45) is 4.44. The summed E-state index contributed by atoms with van der Waals surface area (Å²) in [5.74, 6) is 0.123. The van der Waals surface area contributed by atoms with Gasteiger partial charge in [0.25, 0.3) is 0 Å². The molecule has 0 bridgehead atoms. The van der Waals surface area contributed by atoms with Crippen LogP contribution in [0.15, 0.2) is 23.2 Å². The Morgan fingerprint density at radius 2 is 1.85 bits per heavy atom. The summed E-state index contributed by atoms with van der Waals surface area (Å²) < 4.78 is 0. The molecule has 1 aliphatic rings. The van der Waals surface area contributed by atoms with E-state index < -0.39 is 0 Å². The number of para-hydroxylation sites is 1. The van der Waals surface area contributed by atoms with Gasteiger partial charge in [0.15, 0.2) is 0 Å². The molecule has 4 N–H and O–H groups in total. The van der Waals surface area contributed by atoms with Crippen molar-refractivity contribution in [2.75, 3.05) is 0 Å². The lowest BCUT2D eigenvalue weighted by Crippen LogP contribution is -2.46. The van der Waals surface area contributed by atoms with Crippen molar-refractivity contribution in [2.45, 2.75) is 45.6 Å². The van der Waals surface area contributed by atoms with Gasteiger partial charge in [0, 0.05) is 6.04 Å². The maximum absolute atomic E-state index is 11.8. The van der Waals surface area contributed by atoms with Gasteiger partial charge in [-0.25, -0.2) is 9.79 Å². The summed E-state index contributed by atoms with van der Waals surface area (Å²) in [5.41, 5.74) is 8.67. The van der Waals surface area contributed by atoms with E-state index >= 15 is 0 Å². The quantitative estimate of drug-likeness (QED) is 0.572. The molecule has 1 fully saturated rings. The molecule has 108 valence electrons. The summed E-state index contributed by atoms with van der Waals surface area (Å²) in [6.45, 7) is 3.94. The highest BCUT2D eigenvalue weighted by atomic mass is 16.2. The molecule has 2 rings (SSSR count). The van der Waals surface area contributed by atoms with Crippen molar-refractivity contribution in [3.63, 3.8) is 0 Å². The fourth-order valence-corrected chi connectivity index (χ4v) is 2.54. The predicted octanol–water partition coefficient (Wildman–Crippen LogP) is 2.49. The van der Waals surface area contributed by atoms with Crippen LogP contribution in [-0.4, -0.2) is 18.0 Å². The van der Waals surface area contributed by atoms with Gasteiger partial charge in [0.2, 0.25) is 5.96 Å². The normalized spacial score (nSPS) is 16.2. The number of rotatable bonds is 2. The molecule has 0 aliphatic heterocycles. The standard InChI is InChI=1S/C15H22N4O/c1-10-6-5-7-11(2)13(10)18-14(16)19-15(20)17-12-8-3-4-9-12/h5-7,12H,3-4,8-9H2,1-2H3,(H4,16,17,18,19,20). The Labute approximate surface area is 119 Å². The van der Waals surface area contributed by atoms with Crippen LogP contribution in [0.1, 0.15) is 36.8 Å². The van der Waals surface area contributed by atoms with E-state index in [1.165, 1.54) is 12.8 Å². The maximum atomic E-state index is 11.8. The van der Waals surface area contributed by atoms with Crippen LogP contribution in [0, 0.1) is 13.8 Å². The van der Waals surface area contributed by atoms with Crippen molar-refractivity contribution in [3.05, 3.63) is 29.3 Å². The fraction of sp³-hybridized carbons (Fsp3) is 0.467. The Morgan fingerprint density at radius 3 is 2.45 bits per heavy atom. The zero-order valence-corrected chi connectivity index (χ0v) is 12.1. The van der Waals surface area contributed by atoms with Crippen LogP contribution in [0.4, 0.5) is 10.5 Å². The van der Waals surface area contributed by atoms with Crippen molar-refractivity contribution < 1.29 is 4.79 Å². The maximum Gasteiger partial charge on any atom is 0.321 e. The minimum absolute atomic E-state index is 0.123. The van der Waals surface area contributed by atoms with Crippen molar-refractivity contribution in [1.29, 1.82) is 0 Å². The Morgan fingerprint density at radius 1 is 1.25 bits per heavy atom. The van der Waals surface area contributed by atoms with Crippen molar-refractivity contribution in [2.24, 2.45) is 10.7 Å². The third kappa shape index (κ3) is 3.73. The number of guanidine groups is 1. The van der Waals surface area contributed by atoms with Crippen molar-refractivity contribution >= 4 is 17.7 Å². The zero-order chi connectivity index (χ0) is 14.5. The van der Waals surface area contributed by atoms with Crippen LogP contribution in [-0.2, 0) is 0 Å². The molecule has 0 unspecified atom stereocenters. The van der Waals surface area contributed by atoms with Crippen molar-refractivity contribution in [1.82, 2.24) is 10.6 Å². The highest BCUT2D eigenvalue weighted by Gasteiger charge is 2.17. The molecule has 5 nitrogen and oxygen atoms in total. The van der Waals surface area contributed by atoms with Crippen LogP contribution in [0.5, 0.6) is 0 Å². The van der Waals surface area contributed by atoms with Crippen LogP contribution in [0.25, 0.3) is 0 Å². The van der Waals surface area contributed by atoms with Gasteiger partial charge in [-0.15, -0.1) is 0 Å². The SMILES string of the molecule is Cc1cccc(C)c1N=C(N)NC(=O)NC1CCCC1. The second-order valence-electron chi connectivity index (χ2n) is 5.32. The first-order valence-electron chi connectivity index (χ1n) is 7.04. The third-order valence-electron chi connectivity index (χ3n) is 3.60. The summed E-state index contributed by atoms with van der Waals surface area (Å²) in [4.78, 5) is 16.1. The first kappa shape index (κ1) is 14.4. The lowest BCUT2D eigenvalue weighted by atomic mass is 10.1. The van der Waals surface area contributed by atoms with Gasteiger partial charge < -0.3 is 11.1 Å². The van der Waals surface area contributed by atoms with E-state index in [2.05, 4.69) is 15.6 Å². The average molecular weight is 274 g/mol. The molecule has 20 heavy (non-hydrogen) atoms. The number of nitrogens with two attached hydrogens (primary N) is 1. The lowest BCUT2D eigenvalue weighted by Gasteiger charge is -2.13. The van der Waals surface area contributed by atoms with E-state index in [4.69, 9.17) is 5.73 Å². The van der Waals surface area contributed by atoms with E-state index in [0.717, 1.165) is 29.7 Å². The second-order valence-corrected chi connectivity index (χ2v) is 5.32. The number of hydrogen-bond donors (Lipinski definition) is 3. The van der Waals surface area contributed by atoms with Gasteiger partial charge in [0.1, 0.15) is 0 Å². The average Bonchev–Trinajstić information content (AvgIpc) is 2.86. The Kier molecular flexibility index (Phi) is 4.61. The van der Waals surface area contributed by atoms with E-state index in [-0.39, 0.29) is 18.0 Å². The number of nitrogens with zero attached hydrogens (tertiary/aromatic N) is 1. The monoisotopic (exact) mass is 274 g/mol. The summed E-state index contributed by atoms with van der Waals surface area (Å²) in [6, 6.07) is 5.91. The van der Waals surface area contributed by atoms with Crippen LogP contribution in [0.3, 0.4) is 0 Å². The first-order chi connectivity index (χ1) is 9.56. The van der Waals surface area contributed by atoms with E-state index in [9.17, 15) is 4.79 Å². The molecule has 1 saturated carbocycles. The number of amides is 2. The van der Waals surface area contributed by atoms with Crippen LogP contribution >= 0.6 is 0 Å². The fourth-order valence-electron chi connectivity index (χ4n) is 2.54. The molecule has 1 aliphatic carbocycles. The highest BCUT2D eigenvalue weighted by molar-refractivity contribution is 5.96. The van der Waals surface area contributed by atoms with Crippen molar-refractivity contribution in [3.8, 4) is 0 Å². The van der Waals surface area contributed by atoms with Gasteiger partial charge >= 0.3 is 6.03 Å². The Hall–Kier alpha value is -2.04. The minimum atomic E-state index is -0.274. The second kappa shape index (κ2) is 6.41. The van der Waals surface area contributed by atoms with Crippen LogP contribution < -0.4 is 16.4 Å². The first-order valence-corrected chi connectivity index (χ1v) is 7.04. The molecule has 0 spiro atoms. The van der Waals surface area contributed by atoms with E-state index in [1.807, 2.05) is 32.0 Å². The Bertz CT molecular complexity index is 498. The number of urea groups is 1. The van der Waals surface area contributed by atoms with Gasteiger partial charge in [0.05, 0.1) is 5.69 Å². The molecule has 0 radical (unpaired) electrons. The molecule has 1 aromatic rings. The molecular formula is C15H22N4O. The number of nitrogens with one attached hydrogen (secondary N) is 2.